The minimum Gasteiger partial charge on any atom is -0.368 e. The molecule has 1 heterocycles. The Morgan fingerprint density at radius 2 is 2.00 bits per heavy atom. The minimum absolute atomic E-state index is 0.187. The summed E-state index contributed by atoms with van der Waals surface area (Å²) in [5.74, 6) is 1.27. The molecule has 1 rings (SSSR count). The smallest absolute Gasteiger partial charge is 0.227 e. The quantitative estimate of drug-likeness (QED) is 0.842. The second kappa shape index (κ2) is 5.85. The number of hydrogen-bond donors (Lipinski definition) is 1. The van der Waals surface area contributed by atoms with Gasteiger partial charge in [0.15, 0.2) is 0 Å². The molecule has 0 spiro atoms. The number of anilines is 1. The molecular weight excluding hydrogens is 212 g/mol. The van der Waals surface area contributed by atoms with Gasteiger partial charge in [-0.25, -0.2) is 4.98 Å². The molecule has 0 amide bonds. The van der Waals surface area contributed by atoms with Crippen LogP contribution in [0.5, 0.6) is 0 Å². The maximum Gasteiger partial charge on any atom is 0.227 e. The van der Waals surface area contributed by atoms with E-state index in [2.05, 4.69) is 28.8 Å². The molecule has 84 valence electrons. The first-order valence-electron chi connectivity index (χ1n) is 5.34. The molecule has 1 aromatic heterocycles. The average Bonchev–Trinajstić information content (AvgIpc) is 2.17. The monoisotopic (exact) mass is 228 g/mol. The molecule has 1 unspecified atom stereocenters. The molecule has 0 saturated heterocycles. The van der Waals surface area contributed by atoms with Gasteiger partial charge >= 0.3 is 0 Å². The summed E-state index contributed by atoms with van der Waals surface area (Å²) in [6.45, 7) is 4.29. The van der Waals surface area contributed by atoms with Crippen molar-refractivity contribution in [2.75, 3.05) is 5.73 Å². The Hall–Kier alpha value is -0.900. The summed E-state index contributed by atoms with van der Waals surface area (Å²) >= 11 is 5.74. The van der Waals surface area contributed by atoms with Crippen LogP contribution in [0, 0.1) is 0 Å². The van der Waals surface area contributed by atoms with Crippen LogP contribution in [-0.4, -0.2) is 15.0 Å². The SMILES string of the molecule is CCCCC(CC)c1nc(N)nc(Cl)n1. The van der Waals surface area contributed by atoms with Crippen molar-refractivity contribution in [2.45, 2.75) is 45.4 Å². The number of nitrogens with zero attached hydrogens (tertiary/aromatic N) is 3. The van der Waals surface area contributed by atoms with Gasteiger partial charge in [0.25, 0.3) is 0 Å². The minimum atomic E-state index is 0.187. The zero-order chi connectivity index (χ0) is 11.3. The van der Waals surface area contributed by atoms with Crippen molar-refractivity contribution in [3.63, 3.8) is 0 Å². The Labute approximate surface area is 95.3 Å². The summed E-state index contributed by atoms with van der Waals surface area (Å²) in [7, 11) is 0. The lowest BCUT2D eigenvalue weighted by Gasteiger charge is -2.12. The number of halogens is 1. The highest BCUT2D eigenvalue weighted by Gasteiger charge is 2.13. The number of aromatic nitrogens is 3. The summed E-state index contributed by atoms with van der Waals surface area (Å²) in [5, 5.41) is 0.187. The standard InChI is InChI=1S/C10H17ClN4/c1-3-5-6-7(4-2)8-13-9(11)15-10(12)14-8/h7H,3-6H2,1-2H3,(H2,12,13,14,15). The maximum absolute atomic E-state index is 5.74. The van der Waals surface area contributed by atoms with Crippen molar-refractivity contribution in [1.82, 2.24) is 15.0 Å². The molecule has 0 saturated carbocycles. The third kappa shape index (κ3) is 3.63. The summed E-state index contributed by atoms with van der Waals surface area (Å²) < 4.78 is 0. The molecule has 1 atom stereocenters. The number of hydrogen-bond acceptors (Lipinski definition) is 4. The predicted octanol–water partition coefficient (Wildman–Crippen LogP) is 2.79. The van der Waals surface area contributed by atoms with Gasteiger partial charge in [0.2, 0.25) is 11.2 Å². The van der Waals surface area contributed by atoms with Gasteiger partial charge in [0, 0.05) is 5.92 Å². The molecule has 0 aliphatic heterocycles. The number of nitrogen functional groups attached to an aromatic ring is 1. The molecule has 0 aliphatic rings. The first-order chi connectivity index (χ1) is 7.17. The van der Waals surface area contributed by atoms with E-state index in [4.69, 9.17) is 17.3 Å². The Morgan fingerprint density at radius 3 is 2.53 bits per heavy atom. The second-order valence-corrected chi connectivity index (χ2v) is 3.91. The van der Waals surface area contributed by atoms with Crippen LogP contribution in [0.25, 0.3) is 0 Å². The van der Waals surface area contributed by atoms with E-state index in [1.807, 2.05) is 0 Å². The summed E-state index contributed by atoms with van der Waals surface area (Å²) in [6.07, 6.45) is 4.42. The molecular formula is C10H17ClN4. The van der Waals surface area contributed by atoms with Gasteiger partial charge in [-0.2, -0.15) is 9.97 Å². The molecule has 1 aromatic rings. The third-order valence-electron chi connectivity index (χ3n) is 2.41. The van der Waals surface area contributed by atoms with Gasteiger partial charge in [-0.15, -0.1) is 0 Å². The molecule has 0 aromatic carbocycles. The largest absolute Gasteiger partial charge is 0.368 e. The fourth-order valence-corrected chi connectivity index (χ4v) is 1.70. The highest BCUT2D eigenvalue weighted by Crippen LogP contribution is 2.23. The summed E-state index contributed by atoms with van der Waals surface area (Å²) in [6, 6.07) is 0. The zero-order valence-corrected chi connectivity index (χ0v) is 9.96. The Bertz CT molecular complexity index is 296. The summed E-state index contributed by atoms with van der Waals surface area (Å²) in [5.41, 5.74) is 5.53. The lowest BCUT2D eigenvalue weighted by Crippen LogP contribution is -2.08. The van der Waals surface area contributed by atoms with Gasteiger partial charge < -0.3 is 5.73 Å². The van der Waals surface area contributed by atoms with Crippen LogP contribution < -0.4 is 5.73 Å². The van der Waals surface area contributed by atoms with Crippen molar-refractivity contribution >= 4 is 17.5 Å². The highest BCUT2D eigenvalue weighted by atomic mass is 35.5. The first-order valence-corrected chi connectivity index (χ1v) is 5.72. The number of nitrogens with two attached hydrogens (primary N) is 1. The van der Waals surface area contributed by atoms with E-state index in [9.17, 15) is 0 Å². The van der Waals surface area contributed by atoms with Crippen molar-refractivity contribution in [3.8, 4) is 0 Å². The Balaban J connectivity index is 2.81. The number of unbranched alkanes of at least 4 members (excludes halogenated alkanes) is 1. The van der Waals surface area contributed by atoms with Gasteiger partial charge in [0.1, 0.15) is 5.82 Å². The van der Waals surface area contributed by atoms with E-state index in [0.29, 0.717) is 5.92 Å². The van der Waals surface area contributed by atoms with E-state index in [0.717, 1.165) is 18.7 Å². The van der Waals surface area contributed by atoms with Crippen LogP contribution in [0.4, 0.5) is 5.95 Å². The Kier molecular flexibility index (Phi) is 4.75. The topological polar surface area (TPSA) is 64.7 Å². The van der Waals surface area contributed by atoms with Crippen LogP contribution >= 0.6 is 11.6 Å². The lowest BCUT2D eigenvalue weighted by atomic mass is 9.99. The van der Waals surface area contributed by atoms with Crippen molar-refractivity contribution in [3.05, 3.63) is 11.1 Å². The fraction of sp³-hybridized carbons (Fsp3) is 0.700. The van der Waals surface area contributed by atoms with E-state index >= 15 is 0 Å². The van der Waals surface area contributed by atoms with E-state index in [-0.39, 0.29) is 11.2 Å². The van der Waals surface area contributed by atoms with Gasteiger partial charge in [-0.3, -0.25) is 0 Å². The van der Waals surface area contributed by atoms with Gasteiger partial charge in [0.05, 0.1) is 0 Å². The highest BCUT2D eigenvalue weighted by molar-refractivity contribution is 6.28. The molecule has 0 aliphatic carbocycles. The van der Waals surface area contributed by atoms with Crippen LogP contribution in [0.3, 0.4) is 0 Å². The van der Waals surface area contributed by atoms with E-state index in [1.165, 1.54) is 12.8 Å². The van der Waals surface area contributed by atoms with Crippen molar-refractivity contribution in [1.29, 1.82) is 0 Å². The van der Waals surface area contributed by atoms with Gasteiger partial charge in [-0.1, -0.05) is 26.7 Å². The molecule has 0 bridgehead atoms. The second-order valence-electron chi connectivity index (χ2n) is 3.57. The van der Waals surface area contributed by atoms with E-state index in [1.54, 1.807) is 0 Å². The zero-order valence-electron chi connectivity index (χ0n) is 9.20. The fourth-order valence-electron chi connectivity index (χ4n) is 1.53. The molecule has 4 nitrogen and oxygen atoms in total. The normalized spacial score (nSPS) is 12.7. The maximum atomic E-state index is 5.74. The molecule has 5 heteroatoms. The third-order valence-corrected chi connectivity index (χ3v) is 2.58. The van der Waals surface area contributed by atoms with Crippen LogP contribution in [0.2, 0.25) is 5.28 Å². The van der Waals surface area contributed by atoms with Crippen LogP contribution in [-0.2, 0) is 0 Å². The van der Waals surface area contributed by atoms with Crippen LogP contribution in [0.1, 0.15) is 51.3 Å². The molecule has 0 fully saturated rings. The number of rotatable bonds is 5. The van der Waals surface area contributed by atoms with Crippen molar-refractivity contribution < 1.29 is 0 Å². The van der Waals surface area contributed by atoms with E-state index < -0.39 is 0 Å². The van der Waals surface area contributed by atoms with Crippen LogP contribution in [0.15, 0.2) is 0 Å². The molecule has 0 radical (unpaired) electrons. The average molecular weight is 229 g/mol. The van der Waals surface area contributed by atoms with Gasteiger partial charge in [-0.05, 0) is 24.4 Å². The first kappa shape index (κ1) is 12.2. The van der Waals surface area contributed by atoms with Crippen molar-refractivity contribution in [2.24, 2.45) is 0 Å². The summed E-state index contributed by atoms with van der Waals surface area (Å²) in [4.78, 5) is 12.0. The lowest BCUT2D eigenvalue weighted by molar-refractivity contribution is 0.542. The predicted molar refractivity (Wildman–Crippen MR) is 61.8 cm³/mol. The molecule has 2 N–H and O–H groups in total. The molecule has 15 heavy (non-hydrogen) atoms. The Morgan fingerprint density at radius 1 is 1.27 bits per heavy atom.